The van der Waals surface area contributed by atoms with Gasteiger partial charge in [0.25, 0.3) is 0 Å². The molecule has 16 heavy (non-hydrogen) atoms. The molecule has 1 saturated carbocycles. The Kier molecular flexibility index (Phi) is 3.76. The van der Waals surface area contributed by atoms with Crippen molar-refractivity contribution < 1.29 is 0 Å². The number of aromatic nitrogens is 1. The monoisotopic (exact) mass is 215 g/mol. The first kappa shape index (κ1) is 11.4. The van der Waals surface area contributed by atoms with Gasteiger partial charge < -0.3 is 0 Å². The van der Waals surface area contributed by atoms with Gasteiger partial charge in [0.15, 0.2) is 0 Å². The molecule has 1 aromatic rings. The average Bonchev–Trinajstić information content (AvgIpc) is 2.81. The molecule has 0 saturated heterocycles. The van der Waals surface area contributed by atoms with Crippen molar-refractivity contribution in [2.75, 3.05) is 0 Å². The van der Waals surface area contributed by atoms with Crippen molar-refractivity contribution in [3.63, 3.8) is 0 Å². The van der Waals surface area contributed by atoms with Gasteiger partial charge in [0, 0.05) is 6.20 Å². The second kappa shape index (κ2) is 5.29. The van der Waals surface area contributed by atoms with Crippen LogP contribution in [0.4, 0.5) is 0 Å². The minimum Gasteiger partial charge on any atom is -0.257 e. The molecule has 1 fully saturated rings. The van der Waals surface area contributed by atoms with Crippen LogP contribution in [0, 0.1) is 5.92 Å². The van der Waals surface area contributed by atoms with Gasteiger partial charge >= 0.3 is 0 Å². The van der Waals surface area contributed by atoms with Crippen LogP contribution in [0.2, 0.25) is 0 Å². The Hall–Kier alpha value is -1.11. The van der Waals surface area contributed by atoms with E-state index in [9.17, 15) is 0 Å². The quantitative estimate of drug-likeness (QED) is 0.732. The molecular weight excluding hydrogens is 194 g/mol. The van der Waals surface area contributed by atoms with E-state index >= 15 is 0 Å². The average molecular weight is 215 g/mol. The molecule has 2 rings (SSSR count). The van der Waals surface area contributed by atoms with E-state index < -0.39 is 0 Å². The van der Waals surface area contributed by atoms with E-state index in [1.165, 1.54) is 37.7 Å². The summed E-state index contributed by atoms with van der Waals surface area (Å²) < 4.78 is 0. The van der Waals surface area contributed by atoms with Crippen LogP contribution in [0.15, 0.2) is 24.9 Å². The van der Waals surface area contributed by atoms with Gasteiger partial charge in [-0.1, -0.05) is 39.2 Å². The zero-order chi connectivity index (χ0) is 11.4. The van der Waals surface area contributed by atoms with Gasteiger partial charge in [0.05, 0.1) is 5.69 Å². The lowest BCUT2D eigenvalue weighted by Crippen LogP contribution is -2.00. The lowest BCUT2D eigenvalue weighted by atomic mass is 9.97. The molecule has 0 spiro atoms. The van der Waals surface area contributed by atoms with Crippen molar-refractivity contribution in [2.24, 2.45) is 5.92 Å². The van der Waals surface area contributed by atoms with Gasteiger partial charge in [-0.15, -0.1) is 0 Å². The van der Waals surface area contributed by atoms with E-state index in [1.54, 1.807) is 0 Å². The summed E-state index contributed by atoms with van der Waals surface area (Å²) in [6.45, 7) is 6.19. The molecule has 1 aliphatic carbocycles. The maximum Gasteiger partial charge on any atom is 0.0658 e. The van der Waals surface area contributed by atoms with E-state index in [0.29, 0.717) is 0 Å². The Morgan fingerprint density at radius 3 is 2.88 bits per heavy atom. The predicted octanol–water partition coefficient (Wildman–Crippen LogP) is 4.24. The fourth-order valence-corrected chi connectivity index (χ4v) is 2.52. The van der Waals surface area contributed by atoms with Crippen LogP contribution in [0.25, 0.3) is 5.57 Å². The standard InChI is InChI=1S/C15H21N/c1-3-12(2)15-11-14(8-9-16-15)10-13-6-4-5-7-13/h8-9,11,13H,2-7,10H2,1H3. The van der Waals surface area contributed by atoms with Crippen molar-refractivity contribution in [1.29, 1.82) is 0 Å². The molecule has 0 atom stereocenters. The van der Waals surface area contributed by atoms with Gasteiger partial charge in [-0.3, -0.25) is 4.98 Å². The number of pyridine rings is 1. The summed E-state index contributed by atoms with van der Waals surface area (Å²) in [6.07, 6.45) is 9.81. The lowest BCUT2D eigenvalue weighted by Gasteiger charge is -2.10. The molecule has 1 heterocycles. The number of nitrogens with zero attached hydrogens (tertiary/aromatic N) is 1. The van der Waals surface area contributed by atoms with E-state index in [1.807, 2.05) is 6.20 Å². The smallest absolute Gasteiger partial charge is 0.0658 e. The normalized spacial score (nSPS) is 16.6. The molecule has 0 amide bonds. The largest absolute Gasteiger partial charge is 0.257 e. The zero-order valence-corrected chi connectivity index (χ0v) is 10.2. The maximum atomic E-state index is 4.39. The molecule has 1 aliphatic rings. The number of hydrogen-bond donors (Lipinski definition) is 0. The third-order valence-electron chi connectivity index (χ3n) is 3.61. The number of hydrogen-bond acceptors (Lipinski definition) is 1. The minimum absolute atomic E-state index is 0.908. The molecule has 1 aromatic heterocycles. The zero-order valence-electron chi connectivity index (χ0n) is 10.2. The predicted molar refractivity (Wildman–Crippen MR) is 69.2 cm³/mol. The highest BCUT2D eigenvalue weighted by Crippen LogP contribution is 2.28. The van der Waals surface area contributed by atoms with Crippen LogP contribution in [0.3, 0.4) is 0 Å². The first-order valence-corrected chi connectivity index (χ1v) is 6.42. The molecule has 1 nitrogen and oxygen atoms in total. The van der Waals surface area contributed by atoms with Crippen LogP contribution in [0.1, 0.15) is 50.3 Å². The molecule has 0 bridgehead atoms. The topological polar surface area (TPSA) is 12.9 Å². The van der Waals surface area contributed by atoms with Crippen molar-refractivity contribution in [1.82, 2.24) is 4.98 Å². The number of allylic oxidation sites excluding steroid dienone is 1. The highest BCUT2D eigenvalue weighted by atomic mass is 14.7. The Balaban J connectivity index is 2.06. The van der Waals surface area contributed by atoms with Gasteiger partial charge in [-0.2, -0.15) is 0 Å². The van der Waals surface area contributed by atoms with Crippen molar-refractivity contribution in [3.05, 3.63) is 36.2 Å². The molecule has 0 unspecified atom stereocenters. The van der Waals surface area contributed by atoms with E-state index in [0.717, 1.165) is 23.6 Å². The second-order valence-electron chi connectivity index (χ2n) is 4.86. The van der Waals surface area contributed by atoms with Crippen LogP contribution < -0.4 is 0 Å². The third-order valence-corrected chi connectivity index (χ3v) is 3.61. The fraction of sp³-hybridized carbons (Fsp3) is 0.533. The molecule has 0 aromatic carbocycles. The molecule has 0 radical (unpaired) electrons. The summed E-state index contributed by atoms with van der Waals surface area (Å²) in [6, 6.07) is 4.38. The summed E-state index contributed by atoms with van der Waals surface area (Å²) >= 11 is 0. The molecule has 0 aliphatic heterocycles. The summed E-state index contributed by atoms with van der Waals surface area (Å²) in [5.41, 5.74) is 3.66. The summed E-state index contributed by atoms with van der Waals surface area (Å²) in [7, 11) is 0. The Bertz CT molecular complexity index is 361. The first-order chi connectivity index (χ1) is 7.79. The molecule has 86 valence electrons. The highest BCUT2D eigenvalue weighted by molar-refractivity contribution is 5.59. The Morgan fingerprint density at radius 2 is 2.19 bits per heavy atom. The molecule has 0 N–H and O–H groups in total. The van der Waals surface area contributed by atoms with Crippen LogP contribution in [0.5, 0.6) is 0 Å². The van der Waals surface area contributed by atoms with Crippen molar-refractivity contribution >= 4 is 5.57 Å². The van der Waals surface area contributed by atoms with E-state index in [2.05, 4.69) is 30.6 Å². The molecule has 1 heteroatoms. The van der Waals surface area contributed by atoms with Gasteiger partial charge in [-0.25, -0.2) is 0 Å². The summed E-state index contributed by atoms with van der Waals surface area (Å²) in [4.78, 5) is 4.39. The number of rotatable bonds is 4. The van der Waals surface area contributed by atoms with E-state index in [-0.39, 0.29) is 0 Å². The highest BCUT2D eigenvalue weighted by Gasteiger charge is 2.15. The van der Waals surface area contributed by atoms with Gasteiger partial charge in [-0.05, 0) is 42.0 Å². The van der Waals surface area contributed by atoms with Crippen LogP contribution in [-0.2, 0) is 6.42 Å². The van der Waals surface area contributed by atoms with E-state index in [4.69, 9.17) is 0 Å². The SMILES string of the molecule is C=C(CC)c1cc(CC2CCCC2)ccn1. The summed E-state index contributed by atoms with van der Waals surface area (Å²) in [5.74, 6) is 0.908. The Morgan fingerprint density at radius 1 is 1.44 bits per heavy atom. The fourth-order valence-electron chi connectivity index (χ4n) is 2.52. The lowest BCUT2D eigenvalue weighted by molar-refractivity contribution is 0.546. The Labute approximate surface area is 98.6 Å². The third kappa shape index (κ3) is 2.72. The van der Waals surface area contributed by atoms with Crippen LogP contribution in [-0.4, -0.2) is 4.98 Å². The second-order valence-corrected chi connectivity index (χ2v) is 4.86. The van der Waals surface area contributed by atoms with Gasteiger partial charge in [0.1, 0.15) is 0 Å². The van der Waals surface area contributed by atoms with Crippen LogP contribution >= 0.6 is 0 Å². The molecular formula is C15H21N. The minimum atomic E-state index is 0.908. The van der Waals surface area contributed by atoms with Gasteiger partial charge in [0.2, 0.25) is 0 Å². The van der Waals surface area contributed by atoms with Crippen molar-refractivity contribution in [2.45, 2.75) is 45.4 Å². The first-order valence-electron chi connectivity index (χ1n) is 6.42. The van der Waals surface area contributed by atoms with Crippen molar-refractivity contribution in [3.8, 4) is 0 Å². The summed E-state index contributed by atoms with van der Waals surface area (Å²) in [5, 5.41) is 0. The maximum absolute atomic E-state index is 4.39.